The molecule has 0 saturated carbocycles. The molecule has 0 fully saturated rings. The van der Waals surface area contributed by atoms with Crippen LogP contribution in [0.3, 0.4) is 0 Å². The van der Waals surface area contributed by atoms with Crippen molar-refractivity contribution in [1.82, 2.24) is 14.5 Å². The number of hydrogen-bond acceptors (Lipinski definition) is 4. The highest BCUT2D eigenvalue weighted by molar-refractivity contribution is 6.07. The van der Waals surface area contributed by atoms with Gasteiger partial charge in [-0.25, -0.2) is 9.97 Å². The predicted molar refractivity (Wildman–Crippen MR) is 121 cm³/mol. The van der Waals surface area contributed by atoms with Crippen LogP contribution in [0, 0.1) is 6.92 Å². The van der Waals surface area contributed by atoms with Gasteiger partial charge in [0.25, 0.3) is 0 Å². The maximum absolute atomic E-state index is 5.67. The molecular weight excluding hydrogens is 374 g/mol. The Labute approximate surface area is 174 Å². The van der Waals surface area contributed by atoms with E-state index in [0.29, 0.717) is 13.2 Å². The number of ether oxygens (including phenoxy) is 2. The number of methoxy groups -OCH3 is 1. The van der Waals surface area contributed by atoms with Gasteiger partial charge in [-0.1, -0.05) is 36.4 Å². The fraction of sp³-hybridized carbons (Fsp3) is 0.200. The third-order valence-electron chi connectivity index (χ3n) is 5.44. The molecule has 5 aromatic rings. The molecule has 5 rings (SSSR count). The van der Waals surface area contributed by atoms with Crippen LogP contribution in [0.25, 0.3) is 33.1 Å². The van der Waals surface area contributed by atoms with Crippen LogP contribution in [-0.4, -0.2) is 28.3 Å². The van der Waals surface area contributed by atoms with Gasteiger partial charge in [-0.3, -0.25) is 0 Å². The molecule has 150 valence electrons. The Kier molecular flexibility index (Phi) is 4.51. The van der Waals surface area contributed by atoms with Crippen LogP contribution in [0.2, 0.25) is 0 Å². The molecule has 0 bridgehead atoms. The lowest BCUT2D eigenvalue weighted by Gasteiger charge is -2.13. The number of para-hydroxylation sites is 3. The molecule has 0 radical (unpaired) electrons. The first-order valence-corrected chi connectivity index (χ1v) is 10.1. The fourth-order valence-electron chi connectivity index (χ4n) is 4.10. The predicted octanol–water partition coefficient (Wildman–Crippen LogP) is 5.50. The summed E-state index contributed by atoms with van der Waals surface area (Å²) in [6, 6.07) is 20.5. The van der Waals surface area contributed by atoms with Gasteiger partial charge >= 0.3 is 0 Å². The molecule has 0 aliphatic rings. The molecule has 2 aromatic heterocycles. The summed E-state index contributed by atoms with van der Waals surface area (Å²) in [6.07, 6.45) is 0. The van der Waals surface area contributed by atoms with Crippen LogP contribution in [0.4, 0.5) is 0 Å². The summed E-state index contributed by atoms with van der Waals surface area (Å²) in [5.74, 6) is 1.50. The van der Waals surface area contributed by atoms with Crippen molar-refractivity contribution in [1.29, 1.82) is 0 Å². The van der Waals surface area contributed by atoms with Crippen LogP contribution >= 0.6 is 0 Å². The van der Waals surface area contributed by atoms with Gasteiger partial charge in [0.05, 0.1) is 30.3 Å². The summed E-state index contributed by atoms with van der Waals surface area (Å²) in [4.78, 5) is 9.94. The molecule has 0 aliphatic heterocycles. The van der Waals surface area contributed by atoms with Crippen molar-refractivity contribution >= 4 is 33.1 Å². The van der Waals surface area contributed by atoms with Gasteiger partial charge in [0, 0.05) is 11.9 Å². The summed E-state index contributed by atoms with van der Waals surface area (Å²) in [7, 11) is 1.67. The van der Waals surface area contributed by atoms with E-state index in [1.165, 1.54) is 5.56 Å². The Hall–Kier alpha value is -3.60. The number of rotatable bonds is 5. The second-order valence-electron chi connectivity index (χ2n) is 7.36. The van der Waals surface area contributed by atoms with E-state index in [-0.39, 0.29) is 0 Å². The minimum atomic E-state index is 0.602. The lowest BCUT2D eigenvalue weighted by molar-refractivity contribution is 0.310. The van der Waals surface area contributed by atoms with Crippen LogP contribution in [0.15, 0.2) is 60.7 Å². The van der Waals surface area contributed by atoms with Crippen LogP contribution in [0.5, 0.6) is 11.5 Å². The average molecular weight is 397 g/mol. The summed E-state index contributed by atoms with van der Waals surface area (Å²) >= 11 is 0. The molecule has 5 heteroatoms. The highest BCUT2D eigenvalue weighted by Gasteiger charge is 2.17. The van der Waals surface area contributed by atoms with Gasteiger partial charge in [-0.2, -0.15) is 0 Å². The number of nitrogens with zero attached hydrogens (tertiary/aromatic N) is 3. The third-order valence-corrected chi connectivity index (χ3v) is 5.44. The normalized spacial score (nSPS) is 11.4. The summed E-state index contributed by atoms with van der Waals surface area (Å²) in [5.41, 5.74) is 7.12. The van der Waals surface area contributed by atoms with Gasteiger partial charge in [0.2, 0.25) is 0 Å². The van der Waals surface area contributed by atoms with Crippen molar-refractivity contribution < 1.29 is 9.47 Å². The van der Waals surface area contributed by atoms with E-state index in [4.69, 9.17) is 19.4 Å². The van der Waals surface area contributed by atoms with Crippen molar-refractivity contribution in [3.8, 4) is 11.5 Å². The van der Waals surface area contributed by atoms with Crippen molar-refractivity contribution in [2.45, 2.75) is 20.4 Å². The van der Waals surface area contributed by atoms with Crippen molar-refractivity contribution in [2.24, 2.45) is 0 Å². The van der Waals surface area contributed by atoms with E-state index >= 15 is 0 Å². The van der Waals surface area contributed by atoms with Gasteiger partial charge in [-0.05, 0) is 49.2 Å². The quantitative estimate of drug-likeness (QED) is 0.393. The lowest BCUT2D eigenvalue weighted by atomic mass is 10.1. The number of aryl methyl sites for hydroxylation is 1. The summed E-state index contributed by atoms with van der Waals surface area (Å²) in [6.45, 7) is 5.37. The topological polar surface area (TPSA) is 49.2 Å². The standard InChI is InChI=1S/C25H23N3O2/c1-4-30-21-13-12-17(14-22(21)29-3)15-28-24-16(2)8-7-9-18(24)23-25(28)27-20-11-6-5-10-19(20)26-23/h5-14H,4,15H2,1-3H3. The maximum Gasteiger partial charge on any atom is 0.161 e. The summed E-state index contributed by atoms with van der Waals surface area (Å²) in [5, 5.41) is 1.13. The number of hydrogen-bond donors (Lipinski definition) is 0. The molecule has 3 aromatic carbocycles. The smallest absolute Gasteiger partial charge is 0.161 e. The average Bonchev–Trinajstić information content (AvgIpc) is 3.07. The second kappa shape index (κ2) is 7.34. The zero-order valence-electron chi connectivity index (χ0n) is 17.3. The molecule has 0 aliphatic carbocycles. The van der Waals surface area contributed by atoms with Crippen molar-refractivity contribution in [3.05, 3.63) is 71.8 Å². The minimum absolute atomic E-state index is 0.602. The SMILES string of the molecule is CCOc1ccc(Cn2c3nc4ccccc4nc3c3cccc(C)c32)cc1OC. The summed E-state index contributed by atoms with van der Waals surface area (Å²) < 4.78 is 13.5. The fourth-order valence-corrected chi connectivity index (χ4v) is 4.10. The van der Waals surface area contributed by atoms with Gasteiger partial charge in [-0.15, -0.1) is 0 Å². The molecule has 5 nitrogen and oxygen atoms in total. The van der Waals surface area contributed by atoms with Crippen LogP contribution in [-0.2, 0) is 6.54 Å². The van der Waals surface area contributed by atoms with Gasteiger partial charge < -0.3 is 14.0 Å². The van der Waals surface area contributed by atoms with E-state index in [9.17, 15) is 0 Å². The molecule has 0 N–H and O–H groups in total. The molecule has 0 amide bonds. The largest absolute Gasteiger partial charge is 0.493 e. The number of aromatic nitrogens is 3. The minimum Gasteiger partial charge on any atom is -0.493 e. The van der Waals surface area contributed by atoms with Crippen molar-refractivity contribution in [3.63, 3.8) is 0 Å². The van der Waals surface area contributed by atoms with E-state index in [1.54, 1.807) is 7.11 Å². The zero-order valence-corrected chi connectivity index (χ0v) is 17.3. The monoisotopic (exact) mass is 397 g/mol. The highest BCUT2D eigenvalue weighted by atomic mass is 16.5. The molecule has 0 saturated heterocycles. The Morgan fingerprint density at radius 2 is 1.70 bits per heavy atom. The molecule has 0 unspecified atom stereocenters. The molecule has 2 heterocycles. The first-order valence-electron chi connectivity index (χ1n) is 10.1. The molecule has 0 atom stereocenters. The van der Waals surface area contributed by atoms with Crippen molar-refractivity contribution in [2.75, 3.05) is 13.7 Å². The van der Waals surface area contributed by atoms with Gasteiger partial charge in [0.1, 0.15) is 5.52 Å². The lowest BCUT2D eigenvalue weighted by Crippen LogP contribution is -2.03. The molecule has 0 spiro atoms. The Bertz CT molecular complexity index is 1390. The van der Waals surface area contributed by atoms with E-state index < -0.39 is 0 Å². The highest BCUT2D eigenvalue weighted by Crippen LogP contribution is 2.33. The third kappa shape index (κ3) is 2.94. The van der Waals surface area contributed by atoms with Crippen LogP contribution < -0.4 is 9.47 Å². The first kappa shape index (κ1) is 18.4. The zero-order chi connectivity index (χ0) is 20.7. The van der Waals surface area contributed by atoms with Gasteiger partial charge in [0.15, 0.2) is 17.1 Å². The molecular formula is C25H23N3O2. The molecule has 30 heavy (non-hydrogen) atoms. The first-order chi connectivity index (χ1) is 14.7. The van der Waals surface area contributed by atoms with E-state index in [1.807, 2.05) is 43.3 Å². The number of benzene rings is 3. The Balaban J connectivity index is 1.74. The van der Waals surface area contributed by atoms with E-state index in [0.717, 1.165) is 50.2 Å². The Morgan fingerprint density at radius 3 is 2.47 bits per heavy atom. The Morgan fingerprint density at radius 1 is 0.900 bits per heavy atom. The second-order valence-corrected chi connectivity index (χ2v) is 7.36. The number of fused-ring (bicyclic) bond motifs is 4. The van der Waals surface area contributed by atoms with Crippen LogP contribution in [0.1, 0.15) is 18.1 Å². The maximum atomic E-state index is 5.67. The van der Waals surface area contributed by atoms with E-state index in [2.05, 4.69) is 35.8 Å².